The first-order valence-electron chi connectivity index (χ1n) is 8.02. The van der Waals surface area contributed by atoms with Crippen molar-refractivity contribution in [3.05, 3.63) is 64.2 Å². The van der Waals surface area contributed by atoms with Gasteiger partial charge in [0.2, 0.25) is 0 Å². The molecular weight excluding hydrogens is 354 g/mol. The highest BCUT2D eigenvalue weighted by Crippen LogP contribution is 2.31. The van der Waals surface area contributed by atoms with Crippen molar-refractivity contribution in [2.75, 3.05) is 7.11 Å². The Morgan fingerprint density at radius 1 is 1.15 bits per heavy atom. The summed E-state index contributed by atoms with van der Waals surface area (Å²) in [5.74, 6) is -0.443. The number of urea groups is 1. The van der Waals surface area contributed by atoms with Crippen LogP contribution in [0, 0.1) is 10.1 Å². The molecule has 27 heavy (non-hydrogen) atoms. The first-order chi connectivity index (χ1) is 12.9. The molecule has 0 saturated heterocycles. The predicted octanol–water partition coefficient (Wildman–Crippen LogP) is 2.40. The number of hydrogen-bond donors (Lipinski definition) is 2. The standard InChI is InChI=1S/C18H19N3O6/c1-12(27-16-10-14(21(24)25)8-9-15(16)26-2)17(22)20-18(23)19-11-13-6-4-3-5-7-13/h3-10,12H,11H2,1-2H3,(H2,19,20,22,23)/t12-/m1/s1. The third-order valence-electron chi connectivity index (χ3n) is 3.56. The Balaban J connectivity index is 1.94. The largest absolute Gasteiger partial charge is 0.493 e. The van der Waals surface area contributed by atoms with Crippen LogP contribution in [0.1, 0.15) is 12.5 Å². The molecule has 2 N–H and O–H groups in total. The maximum Gasteiger partial charge on any atom is 0.321 e. The van der Waals surface area contributed by atoms with E-state index in [0.717, 1.165) is 11.6 Å². The van der Waals surface area contributed by atoms with Crippen LogP contribution < -0.4 is 20.1 Å². The number of carbonyl (C=O) groups excluding carboxylic acids is 2. The van der Waals surface area contributed by atoms with Crippen LogP contribution in [-0.4, -0.2) is 30.1 Å². The van der Waals surface area contributed by atoms with Crippen LogP contribution in [0.4, 0.5) is 10.5 Å². The van der Waals surface area contributed by atoms with Crippen LogP contribution in [0.15, 0.2) is 48.5 Å². The quantitative estimate of drug-likeness (QED) is 0.568. The van der Waals surface area contributed by atoms with E-state index in [1.807, 2.05) is 30.3 Å². The van der Waals surface area contributed by atoms with Crippen LogP contribution in [0.2, 0.25) is 0 Å². The monoisotopic (exact) mass is 373 g/mol. The van der Waals surface area contributed by atoms with E-state index in [0.29, 0.717) is 0 Å². The van der Waals surface area contributed by atoms with Crippen molar-refractivity contribution in [2.45, 2.75) is 19.6 Å². The number of amides is 3. The zero-order valence-corrected chi connectivity index (χ0v) is 14.8. The van der Waals surface area contributed by atoms with Gasteiger partial charge < -0.3 is 14.8 Å². The van der Waals surface area contributed by atoms with Gasteiger partial charge in [-0.1, -0.05) is 30.3 Å². The molecule has 9 heteroatoms. The average molecular weight is 373 g/mol. The summed E-state index contributed by atoms with van der Waals surface area (Å²) in [6.07, 6.45) is -1.08. The van der Waals surface area contributed by atoms with Crippen LogP contribution in [0.5, 0.6) is 11.5 Å². The summed E-state index contributed by atoms with van der Waals surface area (Å²) >= 11 is 0. The zero-order chi connectivity index (χ0) is 19.8. The van der Waals surface area contributed by atoms with Gasteiger partial charge in [0.1, 0.15) is 0 Å². The smallest absolute Gasteiger partial charge is 0.321 e. The van der Waals surface area contributed by atoms with Gasteiger partial charge in [0.05, 0.1) is 18.1 Å². The van der Waals surface area contributed by atoms with E-state index < -0.39 is 23.0 Å². The number of carbonyl (C=O) groups is 2. The molecule has 3 amide bonds. The predicted molar refractivity (Wildman–Crippen MR) is 96.6 cm³/mol. The number of imide groups is 1. The molecule has 0 aliphatic carbocycles. The molecule has 0 bridgehead atoms. The number of rotatable bonds is 7. The highest BCUT2D eigenvalue weighted by molar-refractivity contribution is 5.96. The van der Waals surface area contributed by atoms with Crippen molar-refractivity contribution in [1.29, 1.82) is 0 Å². The summed E-state index contributed by atoms with van der Waals surface area (Å²) in [5, 5.41) is 15.6. The molecule has 0 spiro atoms. The number of benzene rings is 2. The van der Waals surface area contributed by atoms with Crippen molar-refractivity contribution in [3.8, 4) is 11.5 Å². The number of ether oxygens (including phenoxy) is 2. The Labute approximate surface area is 155 Å². The molecule has 0 unspecified atom stereocenters. The zero-order valence-electron chi connectivity index (χ0n) is 14.8. The maximum absolute atomic E-state index is 12.1. The van der Waals surface area contributed by atoms with Gasteiger partial charge in [-0.15, -0.1) is 0 Å². The molecule has 0 aliphatic heterocycles. The molecule has 0 aromatic heterocycles. The van der Waals surface area contributed by atoms with Gasteiger partial charge in [0.25, 0.3) is 11.6 Å². The molecule has 0 fully saturated rings. The minimum absolute atomic E-state index is 0.0269. The first kappa shape index (κ1) is 19.7. The van der Waals surface area contributed by atoms with Gasteiger partial charge in [0, 0.05) is 12.6 Å². The van der Waals surface area contributed by atoms with E-state index in [-0.39, 0.29) is 23.7 Å². The lowest BCUT2D eigenvalue weighted by atomic mass is 10.2. The van der Waals surface area contributed by atoms with Gasteiger partial charge in [-0.3, -0.25) is 20.2 Å². The summed E-state index contributed by atoms with van der Waals surface area (Å²) in [7, 11) is 1.37. The van der Waals surface area contributed by atoms with Gasteiger partial charge >= 0.3 is 6.03 Å². The molecule has 0 radical (unpaired) electrons. The molecule has 0 aliphatic rings. The first-order valence-corrected chi connectivity index (χ1v) is 8.02. The summed E-state index contributed by atoms with van der Waals surface area (Å²) in [6, 6.07) is 12.3. The lowest BCUT2D eigenvalue weighted by Crippen LogP contribution is -2.44. The molecule has 142 valence electrons. The molecule has 2 aromatic carbocycles. The molecule has 2 aromatic rings. The SMILES string of the molecule is COc1ccc([N+](=O)[O-])cc1O[C@H](C)C(=O)NC(=O)NCc1ccccc1. The second-order valence-corrected chi connectivity index (χ2v) is 5.51. The molecule has 0 saturated carbocycles. The van der Waals surface area contributed by atoms with E-state index in [2.05, 4.69) is 10.6 Å². The number of non-ortho nitro benzene ring substituents is 1. The Morgan fingerprint density at radius 2 is 1.85 bits per heavy atom. The van der Waals surface area contributed by atoms with Crippen molar-refractivity contribution >= 4 is 17.6 Å². The number of methoxy groups -OCH3 is 1. The summed E-state index contributed by atoms with van der Waals surface area (Å²) < 4.78 is 10.5. The fraction of sp³-hybridized carbons (Fsp3) is 0.222. The van der Waals surface area contributed by atoms with Gasteiger partial charge in [-0.05, 0) is 18.6 Å². The third kappa shape index (κ3) is 5.70. The lowest BCUT2D eigenvalue weighted by molar-refractivity contribution is -0.385. The Bertz CT molecular complexity index is 825. The number of hydrogen-bond acceptors (Lipinski definition) is 6. The van der Waals surface area contributed by atoms with E-state index in [1.165, 1.54) is 26.2 Å². The Hall–Kier alpha value is -3.62. The summed E-state index contributed by atoms with van der Waals surface area (Å²) in [4.78, 5) is 34.2. The van der Waals surface area contributed by atoms with Crippen molar-refractivity contribution in [2.24, 2.45) is 0 Å². The minimum Gasteiger partial charge on any atom is -0.493 e. The Kier molecular flexibility index (Phi) is 6.70. The van der Waals surface area contributed by atoms with Crippen LogP contribution in [-0.2, 0) is 11.3 Å². The lowest BCUT2D eigenvalue weighted by Gasteiger charge is -2.16. The highest BCUT2D eigenvalue weighted by atomic mass is 16.6. The van der Waals surface area contributed by atoms with Crippen molar-refractivity contribution in [3.63, 3.8) is 0 Å². The molecule has 2 rings (SSSR count). The molecule has 1 atom stereocenters. The van der Waals surface area contributed by atoms with Gasteiger partial charge in [0.15, 0.2) is 17.6 Å². The van der Waals surface area contributed by atoms with Crippen molar-refractivity contribution < 1.29 is 24.0 Å². The number of nitrogens with one attached hydrogen (secondary N) is 2. The fourth-order valence-corrected chi connectivity index (χ4v) is 2.15. The molecule has 0 heterocycles. The normalized spacial score (nSPS) is 11.2. The Morgan fingerprint density at radius 3 is 2.48 bits per heavy atom. The number of nitro benzene ring substituents is 1. The minimum atomic E-state index is -1.08. The van der Waals surface area contributed by atoms with E-state index in [9.17, 15) is 19.7 Å². The van der Waals surface area contributed by atoms with Crippen molar-refractivity contribution in [1.82, 2.24) is 10.6 Å². The third-order valence-corrected chi connectivity index (χ3v) is 3.56. The van der Waals surface area contributed by atoms with Crippen LogP contribution in [0.3, 0.4) is 0 Å². The second-order valence-electron chi connectivity index (χ2n) is 5.51. The molecular formula is C18H19N3O6. The topological polar surface area (TPSA) is 120 Å². The fourth-order valence-electron chi connectivity index (χ4n) is 2.15. The van der Waals surface area contributed by atoms with E-state index >= 15 is 0 Å². The number of nitro groups is 1. The second kappa shape index (κ2) is 9.18. The maximum atomic E-state index is 12.1. The van der Waals surface area contributed by atoms with Crippen LogP contribution in [0.25, 0.3) is 0 Å². The van der Waals surface area contributed by atoms with Crippen LogP contribution >= 0.6 is 0 Å². The average Bonchev–Trinajstić information content (AvgIpc) is 2.67. The van der Waals surface area contributed by atoms with E-state index in [1.54, 1.807) is 0 Å². The van der Waals surface area contributed by atoms with Gasteiger partial charge in [-0.25, -0.2) is 4.79 Å². The molecule has 9 nitrogen and oxygen atoms in total. The highest BCUT2D eigenvalue weighted by Gasteiger charge is 2.21. The van der Waals surface area contributed by atoms with E-state index in [4.69, 9.17) is 9.47 Å². The number of nitrogens with zero attached hydrogens (tertiary/aromatic N) is 1. The summed E-state index contributed by atoms with van der Waals surface area (Å²) in [6.45, 7) is 1.67. The van der Waals surface area contributed by atoms with Gasteiger partial charge in [-0.2, -0.15) is 0 Å². The summed E-state index contributed by atoms with van der Waals surface area (Å²) in [5.41, 5.74) is 0.671.